The third kappa shape index (κ3) is 2.80. The highest BCUT2D eigenvalue weighted by atomic mass is 16.3. The average molecular weight is 128 g/mol. The van der Waals surface area contributed by atoms with Gasteiger partial charge in [-0.15, -0.1) is 0 Å². The highest BCUT2D eigenvalue weighted by Gasteiger charge is 1.95. The second kappa shape index (κ2) is 4.01. The van der Waals surface area contributed by atoms with Crippen LogP contribution in [0.1, 0.15) is 19.8 Å². The van der Waals surface area contributed by atoms with E-state index in [9.17, 15) is 0 Å². The maximum Gasteiger partial charge on any atom is 0.152 e. The number of allylic oxidation sites excluding steroid dienone is 2. The van der Waals surface area contributed by atoms with Crippen LogP contribution in [0.25, 0.3) is 0 Å². The first-order chi connectivity index (χ1) is 4.22. The summed E-state index contributed by atoms with van der Waals surface area (Å²) in [5, 5.41) is 17.6. The highest BCUT2D eigenvalue weighted by molar-refractivity contribution is 5.10. The van der Waals surface area contributed by atoms with Gasteiger partial charge in [0.25, 0.3) is 0 Å². The smallest absolute Gasteiger partial charge is 0.152 e. The van der Waals surface area contributed by atoms with Crippen molar-refractivity contribution in [3.63, 3.8) is 0 Å². The molecule has 0 aromatic rings. The fourth-order valence-electron chi connectivity index (χ4n) is 0.483. The molecule has 0 fully saturated rings. The third-order valence-electron chi connectivity index (χ3n) is 0.976. The van der Waals surface area contributed by atoms with E-state index < -0.39 is 0 Å². The highest BCUT2D eigenvalue weighted by Crippen LogP contribution is 2.04. The van der Waals surface area contributed by atoms with Crippen molar-refractivity contribution in [3.8, 4) is 0 Å². The normalized spacial score (nSPS) is 12.6. The lowest BCUT2D eigenvalue weighted by Crippen LogP contribution is -1.85. The number of aliphatic hydroxyl groups excluding tert-OH is 2. The van der Waals surface area contributed by atoms with Gasteiger partial charge >= 0.3 is 0 Å². The van der Waals surface area contributed by atoms with Gasteiger partial charge in [-0.2, -0.15) is 0 Å². The van der Waals surface area contributed by atoms with Gasteiger partial charge in [0.05, 0.1) is 0 Å². The zero-order valence-corrected chi connectivity index (χ0v) is 5.59. The van der Waals surface area contributed by atoms with E-state index in [0.717, 1.165) is 6.42 Å². The Labute approximate surface area is 55.1 Å². The number of hydrogen-bond acceptors (Lipinski definition) is 2. The lowest BCUT2D eigenvalue weighted by atomic mass is 10.2. The van der Waals surface area contributed by atoms with Crippen LogP contribution in [0, 0.1) is 0 Å². The molecule has 0 unspecified atom stereocenters. The van der Waals surface area contributed by atoms with Gasteiger partial charge in [0, 0.05) is 6.42 Å². The van der Waals surface area contributed by atoms with Crippen LogP contribution in [0.2, 0.25) is 0 Å². The molecule has 0 spiro atoms. The lowest BCUT2D eigenvalue weighted by molar-refractivity contribution is 0.322. The Morgan fingerprint density at radius 3 is 2.44 bits per heavy atom. The zero-order valence-electron chi connectivity index (χ0n) is 5.59. The second-order valence-corrected chi connectivity index (χ2v) is 1.79. The molecule has 0 amide bonds. The SMILES string of the molecule is C=CC(O)=C(O)CCC. The second-order valence-electron chi connectivity index (χ2n) is 1.79. The van der Waals surface area contributed by atoms with Gasteiger partial charge in [0.1, 0.15) is 5.76 Å². The van der Waals surface area contributed by atoms with Gasteiger partial charge in [-0.05, 0) is 12.5 Å². The first-order valence-electron chi connectivity index (χ1n) is 2.95. The molecule has 0 saturated carbocycles. The van der Waals surface area contributed by atoms with Crippen LogP contribution in [-0.2, 0) is 0 Å². The standard InChI is InChI=1S/C7H12O2/c1-3-5-7(9)6(8)4-2/h4,8-9H,2-3,5H2,1H3. The van der Waals surface area contributed by atoms with Crippen molar-refractivity contribution in [1.82, 2.24) is 0 Å². The largest absolute Gasteiger partial charge is 0.508 e. The molecule has 0 saturated heterocycles. The molecule has 0 aliphatic rings. The molecule has 0 atom stereocenters. The van der Waals surface area contributed by atoms with Crippen molar-refractivity contribution in [2.24, 2.45) is 0 Å². The molecule has 0 aromatic heterocycles. The lowest BCUT2D eigenvalue weighted by Gasteiger charge is -1.96. The predicted molar refractivity (Wildman–Crippen MR) is 37.4 cm³/mol. The Morgan fingerprint density at radius 2 is 2.11 bits per heavy atom. The molecule has 0 rings (SSSR count). The minimum absolute atomic E-state index is 0.0208. The van der Waals surface area contributed by atoms with Gasteiger partial charge in [-0.1, -0.05) is 13.5 Å². The van der Waals surface area contributed by atoms with Crippen molar-refractivity contribution in [1.29, 1.82) is 0 Å². The molecule has 2 nitrogen and oxygen atoms in total. The molecule has 52 valence electrons. The molecule has 9 heavy (non-hydrogen) atoms. The van der Waals surface area contributed by atoms with E-state index in [1.165, 1.54) is 6.08 Å². The Kier molecular flexibility index (Phi) is 3.60. The summed E-state index contributed by atoms with van der Waals surface area (Å²) in [6, 6.07) is 0. The Morgan fingerprint density at radius 1 is 1.56 bits per heavy atom. The molecule has 0 aliphatic heterocycles. The van der Waals surface area contributed by atoms with Crippen LogP contribution >= 0.6 is 0 Å². The first-order valence-corrected chi connectivity index (χ1v) is 2.95. The maximum absolute atomic E-state index is 8.88. The van der Waals surface area contributed by atoms with Gasteiger partial charge in [0.15, 0.2) is 5.76 Å². The summed E-state index contributed by atoms with van der Waals surface area (Å²) in [6.45, 7) is 5.22. The Balaban J connectivity index is 3.93. The summed E-state index contributed by atoms with van der Waals surface area (Å²) in [7, 11) is 0. The third-order valence-corrected chi connectivity index (χ3v) is 0.976. The molecule has 0 aromatic carbocycles. The summed E-state index contributed by atoms with van der Waals surface area (Å²) in [5.74, 6) is -0.0932. The van der Waals surface area contributed by atoms with E-state index in [1.54, 1.807) is 0 Å². The number of aliphatic hydroxyl groups is 2. The van der Waals surface area contributed by atoms with E-state index in [4.69, 9.17) is 10.2 Å². The van der Waals surface area contributed by atoms with Gasteiger partial charge in [-0.25, -0.2) is 0 Å². The van der Waals surface area contributed by atoms with Crippen LogP contribution in [0.5, 0.6) is 0 Å². The molecular weight excluding hydrogens is 116 g/mol. The molecular formula is C7H12O2. The Hall–Kier alpha value is -0.920. The summed E-state index contributed by atoms with van der Waals surface area (Å²) in [4.78, 5) is 0. The van der Waals surface area contributed by atoms with Gasteiger partial charge < -0.3 is 10.2 Å². The number of rotatable bonds is 3. The molecule has 2 N–H and O–H groups in total. The minimum atomic E-state index is -0.114. The summed E-state index contributed by atoms with van der Waals surface area (Å²) in [6.07, 6.45) is 2.56. The zero-order chi connectivity index (χ0) is 7.28. The Bertz CT molecular complexity index is 125. The topological polar surface area (TPSA) is 40.5 Å². The maximum atomic E-state index is 8.88. The van der Waals surface area contributed by atoms with E-state index in [0.29, 0.717) is 6.42 Å². The van der Waals surface area contributed by atoms with Gasteiger partial charge in [0.2, 0.25) is 0 Å². The first kappa shape index (κ1) is 8.08. The monoisotopic (exact) mass is 128 g/mol. The van der Waals surface area contributed by atoms with E-state index in [-0.39, 0.29) is 11.5 Å². The molecule has 0 heterocycles. The van der Waals surface area contributed by atoms with E-state index >= 15 is 0 Å². The molecule has 0 aliphatic carbocycles. The van der Waals surface area contributed by atoms with Crippen molar-refractivity contribution in [2.75, 3.05) is 0 Å². The molecule has 0 bridgehead atoms. The van der Waals surface area contributed by atoms with E-state index in [2.05, 4.69) is 6.58 Å². The van der Waals surface area contributed by atoms with E-state index in [1.807, 2.05) is 6.92 Å². The fraction of sp³-hybridized carbons (Fsp3) is 0.429. The average Bonchev–Trinajstić information content (AvgIpc) is 1.87. The van der Waals surface area contributed by atoms with Crippen LogP contribution < -0.4 is 0 Å². The van der Waals surface area contributed by atoms with Gasteiger partial charge in [-0.3, -0.25) is 0 Å². The summed E-state index contributed by atoms with van der Waals surface area (Å²) >= 11 is 0. The quantitative estimate of drug-likeness (QED) is 0.452. The fourth-order valence-corrected chi connectivity index (χ4v) is 0.483. The van der Waals surface area contributed by atoms with Crippen molar-refractivity contribution in [2.45, 2.75) is 19.8 Å². The van der Waals surface area contributed by atoms with Crippen molar-refractivity contribution < 1.29 is 10.2 Å². The van der Waals surface area contributed by atoms with Crippen LogP contribution in [-0.4, -0.2) is 10.2 Å². The van der Waals surface area contributed by atoms with Crippen LogP contribution in [0.3, 0.4) is 0 Å². The number of hydrogen-bond donors (Lipinski definition) is 2. The summed E-state index contributed by atoms with van der Waals surface area (Å²) in [5.41, 5.74) is 0. The predicted octanol–water partition coefficient (Wildman–Crippen LogP) is 2.30. The molecule has 0 radical (unpaired) electrons. The minimum Gasteiger partial charge on any atom is -0.508 e. The van der Waals surface area contributed by atoms with Crippen molar-refractivity contribution in [3.05, 3.63) is 24.2 Å². The summed E-state index contributed by atoms with van der Waals surface area (Å²) < 4.78 is 0. The molecule has 2 heteroatoms. The van der Waals surface area contributed by atoms with Crippen molar-refractivity contribution >= 4 is 0 Å². The van der Waals surface area contributed by atoms with Crippen LogP contribution in [0.15, 0.2) is 24.2 Å². The van der Waals surface area contributed by atoms with Crippen LogP contribution in [0.4, 0.5) is 0 Å².